The maximum absolute atomic E-state index is 14.9. The molecule has 4 heterocycles. The first-order chi connectivity index (χ1) is 29.1. The lowest BCUT2D eigenvalue weighted by atomic mass is 10.0. The zero-order valence-corrected chi connectivity index (χ0v) is 36.8. The molecule has 4 aliphatic rings. The van der Waals surface area contributed by atoms with Gasteiger partial charge in [-0.25, -0.2) is 22.8 Å². The molecule has 0 unspecified atom stereocenters. The molecule has 0 spiro atoms. The molecule has 13 nitrogen and oxygen atoms in total. The summed E-state index contributed by atoms with van der Waals surface area (Å²) in [4.78, 5) is 55.0. The van der Waals surface area contributed by atoms with Crippen molar-refractivity contribution in [1.29, 1.82) is 0 Å². The van der Waals surface area contributed by atoms with Gasteiger partial charge in [-0.15, -0.1) is 11.3 Å². The van der Waals surface area contributed by atoms with E-state index < -0.39 is 62.0 Å². The van der Waals surface area contributed by atoms with Crippen LogP contribution in [0.25, 0.3) is 21.6 Å². The highest BCUT2D eigenvalue weighted by Crippen LogP contribution is 2.48. The van der Waals surface area contributed by atoms with Gasteiger partial charge in [0, 0.05) is 40.4 Å². The third-order valence-corrected chi connectivity index (χ3v) is 15.7. The second-order valence-electron chi connectivity index (χ2n) is 17.4. The Morgan fingerprint density at radius 2 is 1.89 bits per heavy atom. The number of carbonyl (C=O) groups excluding carboxylic acids is 3. The van der Waals surface area contributed by atoms with Gasteiger partial charge in [-0.3, -0.25) is 19.1 Å². The van der Waals surface area contributed by atoms with Crippen molar-refractivity contribution in [3.63, 3.8) is 0 Å². The van der Waals surface area contributed by atoms with Crippen molar-refractivity contribution in [2.24, 2.45) is 5.92 Å². The first-order valence-corrected chi connectivity index (χ1v) is 23.5. The largest absolute Gasteiger partial charge is 0.496 e. The Labute approximate surface area is 359 Å². The second kappa shape index (κ2) is 16.6. The fourth-order valence-electron chi connectivity index (χ4n) is 8.38. The molecule has 16 heteroatoms. The Bertz CT molecular complexity index is 2510. The van der Waals surface area contributed by atoms with Gasteiger partial charge >= 0.3 is 0 Å². The van der Waals surface area contributed by atoms with E-state index in [1.165, 1.54) is 28.4 Å². The lowest BCUT2D eigenvalue weighted by Gasteiger charge is -2.30. The summed E-state index contributed by atoms with van der Waals surface area (Å²) in [6, 6.07) is 9.58. The van der Waals surface area contributed by atoms with Crippen molar-refractivity contribution >= 4 is 55.7 Å². The summed E-state index contributed by atoms with van der Waals surface area (Å²) in [5, 5.41) is 9.64. The number of benzene rings is 2. The molecule has 2 aromatic carbocycles. The zero-order chi connectivity index (χ0) is 43.3. The Hall–Kier alpha value is -5.09. The minimum Gasteiger partial charge on any atom is -0.496 e. The summed E-state index contributed by atoms with van der Waals surface area (Å²) in [6.45, 7) is 7.70. The highest BCUT2D eigenvalue weighted by molar-refractivity contribution is 7.91. The fourth-order valence-corrected chi connectivity index (χ4v) is 10.6. The Balaban J connectivity index is 1.15. The predicted octanol–water partition coefficient (Wildman–Crippen LogP) is 7.16. The van der Waals surface area contributed by atoms with Crippen LogP contribution in [0.2, 0.25) is 0 Å². The molecular formula is C45H53FN6O7S2. The fraction of sp³-hybridized carbons (Fsp3) is 0.489. The van der Waals surface area contributed by atoms with Crippen molar-refractivity contribution in [3.8, 4) is 22.2 Å². The van der Waals surface area contributed by atoms with Crippen molar-refractivity contribution in [2.45, 2.75) is 120 Å². The summed E-state index contributed by atoms with van der Waals surface area (Å²) in [5.41, 5.74) is 1.92. The molecule has 2 aliphatic carbocycles. The van der Waals surface area contributed by atoms with Crippen LogP contribution in [0.15, 0.2) is 60.0 Å². The third kappa shape index (κ3) is 8.57. The minimum absolute atomic E-state index is 0.0244. The average Bonchev–Trinajstić information content (AvgIpc) is 3.99. The number of carbonyl (C=O) groups is 3. The predicted molar refractivity (Wildman–Crippen MR) is 232 cm³/mol. The SMILES string of the molecule is COc1ccc2c(O[C@@H]3C[C@H]4C(=O)N[C@]5(C(=O)NS(=O)(=O)C6(C)CC6)C[C@@H]5/C=C\CCCCC[C@H](Nc5cccc(F)c5)C(=O)N4C3)cc(-c3nc(C(C)C)cs3)nc2c1C. The van der Waals surface area contributed by atoms with Gasteiger partial charge in [0.2, 0.25) is 21.8 Å². The number of hydrogen-bond acceptors (Lipinski definition) is 11. The summed E-state index contributed by atoms with van der Waals surface area (Å²) in [7, 11) is -2.40. The number of nitrogens with one attached hydrogen (secondary N) is 3. The molecule has 0 radical (unpaired) electrons. The van der Waals surface area contributed by atoms with E-state index in [-0.39, 0.29) is 31.2 Å². The standard InChI is InChI=1S/C45H53FN6O7S2/c1-26(2)35-25-60-41(49-35)34-22-38(32-16-17-37(58-5)27(3)39(32)48-34)59-31-21-36-40(53)50-45(43(55)51-61(56,57)44(4)18-19-44)23-28(45)12-9-7-6-8-10-15-33(42(54)52(36)24-31)47-30-14-11-13-29(46)20-30/h9,11-14,16-17,20,22,25-26,28,31,33,36,47H,6-8,10,15,18-19,21,23-24H2,1-5H3,(H,50,53)(H,51,55)/b12-9-/t28-,31+,33-,36-,45+/m0/s1. The summed E-state index contributed by atoms with van der Waals surface area (Å²) < 4.78 is 54.7. The van der Waals surface area contributed by atoms with Gasteiger partial charge in [-0.2, -0.15) is 0 Å². The smallest absolute Gasteiger partial charge is 0.259 e. The van der Waals surface area contributed by atoms with Crippen LogP contribution in [0.5, 0.6) is 11.5 Å². The molecule has 2 aliphatic heterocycles. The van der Waals surface area contributed by atoms with Gasteiger partial charge in [-0.05, 0) is 88.6 Å². The molecule has 3 amide bonds. The molecular weight excluding hydrogens is 820 g/mol. The lowest BCUT2D eigenvalue weighted by molar-refractivity contribution is -0.140. The number of nitrogens with zero attached hydrogens (tertiary/aromatic N) is 3. The van der Waals surface area contributed by atoms with Gasteiger partial charge in [0.15, 0.2) is 0 Å². The normalized spacial score (nSPS) is 25.7. The number of pyridine rings is 1. The van der Waals surface area contributed by atoms with Crippen LogP contribution in [0.3, 0.4) is 0 Å². The van der Waals surface area contributed by atoms with E-state index in [0.717, 1.165) is 24.1 Å². The molecule has 324 valence electrons. The number of rotatable bonds is 10. The molecule has 3 fully saturated rings. The molecule has 2 aromatic heterocycles. The van der Waals surface area contributed by atoms with Crippen LogP contribution < -0.4 is 24.8 Å². The Morgan fingerprint density at radius 3 is 2.61 bits per heavy atom. The third-order valence-electron chi connectivity index (χ3n) is 12.6. The number of fused-ring (bicyclic) bond motifs is 3. The molecule has 0 bridgehead atoms. The topological polar surface area (TPSA) is 169 Å². The summed E-state index contributed by atoms with van der Waals surface area (Å²) >= 11 is 1.48. The summed E-state index contributed by atoms with van der Waals surface area (Å²) in [6.07, 6.45) is 7.77. The van der Waals surface area contributed by atoms with E-state index in [9.17, 15) is 27.2 Å². The number of aromatic nitrogens is 2. The van der Waals surface area contributed by atoms with Gasteiger partial charge < -0.3 is 25.0 Å². The van der Waals surface area contributed by atoms with Gasteiger partial charge in [-0.1, -0.05) is 44.9 Å². The number of anilines is 1. The number of hydrogen-bond donors (Lipinski definition) is 3. The van der Waals surface area contributed by atoms with Crippen LogP contribution >= 0.6 is 11.3 Å². The van der Waals surface area contributed by atoms with Crippen molar-refractivity contribution in [1.82, 2.24) is 24.9 Å². The second-order valence-corrected chi connectivity index (χ2v) is 20.5. The number of thiazole rings is 1. The molecule has 5 atom stereocenters. The van der Waals surface area contributed by atoms with E-state index >= 15 is 0 Å². The zero-order valence-electron chi connectivity index (χ0n) is 35.1. The number of halogens is 1. The van der Waals surface area contributed by atoms with E-state index in [1.54, 1.807) is 26.2 Å². The van der Waals surface area contributed by atoms with Crippen LogP contribution in [0.1, 0.15) is 95.7 Å². The van der Waals surface area contributed by atoms with E-state index in [0.29, 0.717) is 70.9 Å². The quantitative estimate of drug-likeness (QED) is 0.139. The first kappa shape index (κ1) is 42.6. The van der Waals surface area contributed by atoms with Crippen molar-refractivity contribution in [3.05, 3.63) is 77.1 Å². The highest BCUT2D eigenvalue weighted by atomic mass is 32.2. The maximum atomic E-state index is 14.9. The first-order valence-electron chi connectivity index (χ1n) is 21.1. The number of allylic oxidation sites excluding steroid dienone is 1. The van der Waals surface area contributed by atoms with Crippen LogP contribution in [0.4, 0.5) is 10.1 Å². The van der Waals surface area contributed by atoms with Crippen LogP contribution in [0, 0.1) is 18.7 Å². The molecule has 4 aromatic rings. The number of amides is 3. The minimum atomic E-state index is -4.00. The number of ether oxygens (including phenoxy) is 2. The Kier molecular flexibility index (Phi) is 11.6. The molecule has 1 saturated heterocycles. The number of aryl methyl sites for hydroxylation is 1. The van der Waals surface area contributed by atoms with Gasteiger partial charge in [0.1, 0.15) is 51.7 Å². The lowest BCUT2D eigenvalue weighted by Crippen LogP contribution is -2.58. The van der Waals surface area contributed by atoms with Crippen LogP contribution in [-0.2, 0) is 24.4 Å². The summed E-state index contributed by atoms with van der Waals surface area (Å²) in [5.74, 6) is -1.28. The molecule has 2 saturated carbocycles. The Morgan fingerprint density at radius 1 is 1.08 bits per heavy atom. The average molecular weight is 873 g/mol. The van der Waals surface area contributed by atoms with Gasteiger partial charge in [0.05, 0.1) is 29.6 Å². The highest BCUT2D eigenvalue weighted by Gasteiger charge is 2.63. The van der Waals surface area contributed by atoms with Crippen molar-refractivity contribution in [2.75, 3.05) is 19.0 Å². The maximum Gasteiger partial charge on any atom is 0.259 e. The van der Waals surface area contributed by atoms with Crippen molar-refractivity contribution < 1.29 is 36.7 Å². The number of sulfonamides is 1. The van der Waals surface area contributed by atoms with E-state index in [2.05, 4.69) is 29.2 Å². The van der Waals surface area contributed by atoms with Gasteiger partial charge in [0.25, 0.3) is 5.91 Å². The molecule has 8 rings (SSSR count). The number of methoxy groups -OCH3 is 1. The van der Waals surface area contributed by atoms with E-state index in [4.69, 9.17) is 19.4 Å². The monoisotopic (exact) mass is 872 g/mol. The van der Waals surface area contributed by atoms with Crippen LogP contribution in [-0.4, -0.2) is 83.1 Å². The molecule has 3 N–H and O–H groups in total. The molecule has 61 heavy (non-hydrogen) atoms. The van der Waals surface area contributed by atoms with E-state index in [1.807, 2.05) is 42.7 Å².